The van der Waals surface area contributed by atoms with E-state index in [1.807, 2.05) is 0 Å². The molecule has 0 bridgehead atoms. The summed E-state index contributed by atoms with van der Waals surface area (Å²) in [4.78, 5) is 24.5. The summed E-state index contributed by atoms with van der Waals surface area (Å²) >= 11 is 0. The number of benzene rings is 1. The van der Waals surface area contributed by atoms with Gasteiger partial charge in [0.1, 0.15) is 5.60 Å². The number of amides is 2. The van der Waals surface area contributed by atoms with Gasteiger partial charge in [-0.3, -0.25) is 4.79 Å². The largest absolute Gasteiger partial charge is 0.443 e. The first kappa shape index (κ1) is 14.0. The average molecular weight is 250 g/mol. The summed E-state index contributed by atoms with van der Waals surface area (Å²) in [5.74, 6) is -0.421. The van der Waals surface area contributed by atoms with Crippen molar-refractivity contribution in [3.63, 3.8) is 0 Å². The topological polar surface area (TPSA) is 72.6 Å². The molecule has 0 radical (unpaired) electrons. The maximum absolute atomic E-state index is 12.0. The van der Waals surface area contributed by atoms with E-state index in [2.05, 4.69) is 0 Å². The minimum absolute atomic E-state index is 0.400. The van der Waals surface area contributed by atoms with Crippen LogP contribution in [0.4, 0.5) is 16.2 Å². The minimum atomic E-state index is -0.708. The van der Waals surface area contributed by atoms with Crippen LogP contribution in [0.1, 0.15) is 27.7 Å². The second-order valence-corrected chi connectivity index (χ2v) is 4.93. The van der Waals surface area contributed by atoms with Crippen LogP contribution in [0.25, 0.3) is 0 Å². The first-order valence-electron chi connectivity index (χ1n) is 5.60. The van der Waals surface area contributed by atoms with E-state index >= 15 is 0 Å². The van der Waals surface area contributed by atoms with Crippen LogP contribution < -0.4 is 10.6 Å². The van der Waals surface area contributed by atoms with E-state index in [0.29, 0.717) is 11.4 Å². The molecule has 0 saturated carbocycles. The van der Waals surface area contributed by atoms with Gasteiger partial charge >= 0.3 is 6.09 Å². The van der Waals surface area contributed by atoms with Crippen molar-refractivity contribution in [2.24, 2.45) is 0 Å². The van der Waals surface area contributed by atoms with Gasteiger partial charge < -0.3 is 10.5 Å². The molecule has 0 fully saturated rings. The molecule has 98 valence electrons. The van der Waals surface area contributed by atoms with Gasteiger partial charge in [-0.1, -0.05) is 6.07 Å². The third-order valence-electron chi connectivity index (χ3n) is 2.02. The molecule has 1 rings (SSSR count). The Hall–Kier alpha value is -2.04. The standard InChI is InChI=1S/C13H18N2O3/c1-9(16)15(12(17)18-13(2,3)4)11-7-5-6-10(14)8-11/h5-8H,14H2,1-4H3. The van der Waals surface area contributed by atoms with Gasteiger partial charge in [0.05, 0.1) is 5.69 Å². The molecule has 0 heterocycles. The van der Waals surface area contributed by atoms with E-state index in [1.54, 1.807) is 45.0 Å². The van der Waals surface area contributed by atoms with Gasteiger partial charge in [-0.15, -0.1) is 0 Å². The lowest BCUT2D eigenvalue weighted by Crippen LogP contribution is -2.39. The highest BCUT2D eigenvalue weighted by Crippen LogP contribution is 2.20. The van der Waals surface area contributed by atoms with Gasteiger partial charge in [0.2, 0.25) is 5.91 Å². The summed E-state index contributed by atoms with van der Waals surface area (Å²) in [6, 6.07) is 6.52. The van der Waals surface area contributed by atoms with Gasteiger partial charge in [0.25, 0.3) is 0 Å². The van der Waals surface area contributed by atoms with Crippen molar-refractivity contribution < 1.29 is 14.3 Å². The Kier molecular flexibility index (Phi) is 3.96. The normalized spacial score (nSPS) is 10.9. The zero-order valence-electron chi connectivity index (χ0n) is 11.1. The summed E-state index contributed by atoms with van der Waals surface area (Å²) in [5.41, 5.74) is 5.85. The summed E-state index contributed by atoms with van der Waals surface area (Å²) in [6.07, 6.45) is -0.708. The summed E-state index contributed by atoms with van der Waals surface area (Å²) in [7, 11) is 0. The molecule has 18 heavy (non-hydrogen) atoms. The Balaban J connectivity index is 3.04. The van der Waals surface area contributed by atoms with Crippen molar-refractivity contribution in [2.75, 3.05) is 10.6 Å². The molecular weight excluding hydrogens is 232 g/mol. The Morgan fingerprint density at radius 1 is 1.28 bits per heavy atom. The Labute approximate surface area is 107 Å². The lowest BCUT2D eigenvalue weighted by Gasteiger charge is -2.25. The number of anilines is 2. The first-order valence-corrected chi connectivity index (χ1v) is 5.60. The van der Waals surface area contributed by atoms with Gasteiger partial charge in [-0.25, -0.2) is 9.69 Å². The number of imide groups is 1. The highest BCUT2D eigenvalue weighted by Gasteiger charge is 2.26. The molecule has 2 N–H and O–H groups in total. The summed E-state index contributed by atoms with van der Waals surface area (Å²) in [6.45, 7) is 6.51. The molecule has 0 unspecified atom stereocenters. The third kappa shape index (κ3) is 3.76. The summed E-state index contributed by atoms with van der Waals surface area (Å²) < 4.78 is 5.18. The van der Waals surface area contributed by atoms with Crippen LogP contribution in [0.3, 0.4) is 0 Å². The molecule has 0 aliphatic heterocycles. The van der Waals surface area contributed by atoms with Crippen molar-refractivity contribution in [2.45, 2.75) is 33.3 Å². The van der Waals surface area contributed by atoms with Gasteiger partial charge in [-0.2, -0.15) is 0 Å². The molecule has 1 aromatic rings. The monoisotopic (exact) mass is 250 g/mol. The fraction of sp³-hybridized carbons (Fsp3) is 0.385. The highest BCUT2D eigenvalue weighted by molar-refractivity contribution is 6.11. The van der Waals surface area contributed by atoms with E-state index < -0.39 is 17.6 Å². The van der Waals surface area contributed by atoms with E-state index in [9.17, 15) is 9.59 Å². The van der Waals surface area contributed by atoms with Crippen LogP contribution in [0.2, 0.25) is 0 Å². The quantitative estimate of drug-likeness (QED) is 0.777. The number of hydrogen-bond acceptors (Lipinski definition) is 4. The Bertz CT molecular complexity index is 464. The third-order valence-corrected chi connectivity index (χ3v) is 2.02. The van der Waals surface area contributed by atoms with Crippen LogP contribution in [-0.2, 0) is 9.53 Å². The van der Waals surface area contributed by atoms with Crippen molar-refractivity contribution in [1.82, 2.24) is 0 Å². The molecule has 0 aliphatic rings. The van der Waals surface area contributed by atoms with Crippen LogP contribution in [0.15, 0.2) is 24.3 Å². The maximum Gasteiger partial charge on any atom is 0.421 e. The summed E-state index contributed by atoms with van der Waals surface area (Å²) in [5, 5.41) is 0. The van der Waals surface area contributed by atoms with E-state index in [0.717, 1.165) is 4.90 Å². The van der Waals surface area contributed by atoms with Crippen molar-refractivity contribution in [3.8, 4) is 0 Å². The number of carbonyl (C=O) groups is 2. The lowest BCUT2D eigenvalue weighted by molar-refractivity contribution is -0.116. The van der Waals surface area contributed by atoms with Crippen molar-refractivity contribution in [3.05, 3.63) is 24.3 Å². The molecule has 5 heteroatoms. The van der Waals surface area contributed by atoms with Crippen LogP contribution in [0, 0.1) is 0 Å². The molecule has 0 saturated heterocycles. The number of nitrogens with two attached hydrogens (primary N) is 1. The molecule has 1 aromatic carbocycles. The SMILES string of the molecule is CC(=O)N(C(=O)OC(C)(C)C)c1cccc(N)c1. The molecule has 0 aliphatic carbocycles. The predicted octanol–water partition coefficient (Wildman–Crippen LogP) is 2.56. The highest BCUT2D eigenvalue weighted by atomic mass is 16.6. The second-order valence-electron chi connectivity index (χ2n) is 4.93. The second kappa shape index (κ2) is 5.08. The molecular formula is C13H18N2O3. The van der Waals surface area contributed by atoms with Crippen LogP contribution in [-0.4, -0.2) is 17.6 Å². The minimum Gasteiger partial charge on any atom is -0.443 e. The Morgan fingerprint density at radius 3 is 2.33 bits per heavy atom. The zero-order chi connectivity index (χ0) is 13.9. The van der Waals surface area contributed by atoms with Crippen molar-refractivity contribution in [1.29, 1.82) is 0 Å². The van der Waals surface area contributed by atoms with Gasteiger partial charge in [0, 0.05) is 12.6 Å². The number of nitrogens with zero attached hydrogens (tertiary/aromatic N) is 1. The number of hydrogen-bond donors (Lipinski definition) is 1. The van der Waals surface area contributed by atoms with Crippen molar-refractivity contribution >= 4 is 23.4 Å². The number of carbonyl (C=O) groups excluding carboxylic acids is 2. The molecule has 2 amide bonds. The Morgan fingerprint density at radius 2 is 1.89 bits per heavy atom. The van der Waals surface area contributed by atoms with E-state index in [4.69, 9.17) is 10.5 Å². The number of rotatable bonds is 1. The van der Waals surface area contributed by atoms with Gasteiger partial charge in [-0.05, 0) is 39.0 Å². The zero-order valence-corrected chi connectivity index (χ0v) is 11.1. The predicted molar refractivity (Wildman–Crippen MR) is 70.2 cm³/mol. The van der Waals surface area contributed by atoms with Crippen LogP contribution in [0.5, 0.6) is 0 Å². The molecule has 0 atom stereocenters. The average Bonchev–Trinajstić information content (AvgIpc) is 2.13. The maximum atomic E-state index is 12.0. The van der Waals surface area contributed by atoms with E-state index in [-0.39, 0.29) is 0 Å². The van der Waals surface area contributed by atoms with Crippen LogP contribution >= 0.6 is 0 Å². The fourth-order valence-electron chi connectivity index (χ4n) is 1.39. The van der Waals surface area contributed by atoms with E-state index in [1.165, 1.54) is 6.92 Å². The number of nitrogen functional groups attached to an aromatic ring is 1. The fourth-order valence-corrected chi connectivity index (χ4v) is 1.39. The van der Waals surface area contributed by atoms with Gasteiger partial charge in [0.15, 0.2) is 0 Å². The smallest absolute Gasteiger partial charge is 0.421 e. The molecule has 5 nitrogen and oxygen atoms in total. The number of ether oxygens (including phenoxy) is 1. The first-order chi connectivity index (χ1) is 8.20. The molecule has 0 aromatic heterocycles. The molecule has 0 spiro atoms. The lowest BCUT2D eigenvalue weighted by atomic mass is 10.2.